The van der Waals surface area contributed by atoms with E-state index in [-0.39, 0.29) is 30.7 Å². The van der Waals surface area contributed by atoms with Gasteiger partial charge >= 0.3 is 11.9 Å². The Kier molecular flexibility index (Phi) is 10.1. The molecule has 1 fully saturated rings. The summed E-state index contributed by atoms with van der Waals surface area (Å²) >= 11 is 0. The molecule has 0 saturated carbocycles. The number of nitrogens with one attached hydrogen (secondary N) is 1. The number of halogens is 2. The summed E-state index contributed by atoms with van der Waals surface area (Å²) in [6, 6.07) is -1.27. The maximum Gasteiger partial charge on any atom is 0.330 e. The lowest BCUT2D eigenvalue weighted by molar-refractivity contribution is -0.146. The second-order valence-electron chi connectivity index (χ2n) is 8.82. The van der Waals surface area contributed by atoms with Crippen molar-refractivity contribution in [3.05, 3.63) is 5.82 Å². The van der Waals surface area contributed by atoms with Crippen LogP contribution in [0.3, 0.4) is 0 Å². The molecule has 2 atom stereocenters. The lowest BCUT2D eigenvalue weighted by atomic mass is 9.75. The van der Waals surface area contributed by atoms with E-state index in [0.717, 1.165) is 19.8 Å². The lowest BCUT2D eigenvalue weighted by Crippen LogP contribution is -2.43. The molecular weight excluding hydrogens is 440 g/mol. The van der Waals surface area contributed by atoms with Crippen molar-refractivity contribution in [2.45, 2.75) is 76.8 Å². The Morgan fingerprint density at radius 2 is 1.94 bits per heavy atom. The van der Waals surface area contributed by atoms with Crippen molar-refractivity contribution in [1.82, 2.24) is 25.5 Å². The van der Waals surface area contributed by atoms with Gasteiger partial charge in [0.05, 0.1) is 20.3 Å². The maximum atomic E-state index is 13.1. The fourth-order valence-corrected chi connectivity index (χ4v) is 4.03. The first-order chi connectivity index (χ1) is 15.6. The Hall–Kier alpha value is -2.21. The van der Waals surface area contributed by atoms with Gasteiger partial charge in [-0.1, -0.05) is 6.92 Å². The largest absolute Gasteiger partial charge is 0.469 e. The molecule has 1 aliphatic heterocycles. The summed E-state index contributed by atoms with van der Waals surface area (Å²) < 4.78 is 42.8. The van der Waals surface area contributed by atoms with Crippen LogP contribution in [-0.4, -0.2) is 72.0 Å². The van der Waals surface area contributed by atoms with E-state index in [1.54, 1.807) is 0 Å². The number of ether oxygens (including phenoxy) is 3. The van der Waals surface area contributed by atoms with Crippen molar-refractivity contribution in [3.8, 4) is 0 Å². The molecular formula is C21H35F2N5O5. The number of methoxy groups -OCH3 is 2. The number of tetrazole rings is 1. The molecule has 1 N–H and O–H groups in total. The third kappa shape index (κ3) is 7.95. The molecule has 33 heavy (non-hydrogen) atoms. The van der Waals surface area contributed by atoms with Gasteiger partial charge in [-0.2, -0.15) is 0 Å². The van der Waals surface area contributed by atoms with Crippen LogP contribution in [0.4, 0.5) is 8.78 Å². The van der Waals surface area contributed by atoms with E-state index in [2.05, 4.69) is 32.5 Å². The van der Waals surface area contributed by atoms with Crippen molar-refractivity contribution in [2.75, 3.05) is 34.0 Å². The fourth-order valence-electron chi connectivity index (χ4n) is 4.03. The van der Waals surface area contributed by atoms with E-state index in [1.807, 2.05) is 0 Å². The summed E-state index contributed by atoms with van der Waals surface area (Å²) in [5, 5.41) is 15.5. The first-order valence-corrected chi connectivity index (χ1v) is 11.2. The van der Waals surface area contributed by atoms with Crippen molar-refractivity contribution in [3.63, 3.8) is 0 Å². The zero-order chi connectivity index (χ0) is 24.5. The van der Waals surface area contributed by atoms with E-state index in [1.165, 1.54) is 18.9 Å². The van der Waals surface area contributed by atoms with Crippen LogP contribution in [0.5, 0.6) is 0 Å². The number of unbranched alkanes of at least 4 members (excludes halogenated alkanes) is 1. The molecule has 0 aromatic carbocycles. The molecule has 2 unspecified atom stereocenters. The number of rotatable bonds is 13. The van der Waals surface area contributed by atoms with Crippen molar-refractivity contribution < 1.29 is 32.6 Å². The molecule has 2 heterocycles. The Balaban J connectivity index is 2.26. The Labute approximate surface area is 192 Å². The highest BCUT2D eigenvalue weighted by Gasteiger charge is 2.41. The average molecular weight is 476 g/mol. The van der Waals surface area contributed by atoms with Gasteiger partial charge in [0, 0.05) is 26.1 Å². The number of hydrogen-bond donors (Lipinski definition) is 1. The lowest BCUT2D eigenvalue weighted by Gasteiger charge is -2.40. The van der Waals surface area contributed by atoms with Gasteiger partial charge < -0.3 is 19.5 Å². The molecule has 1 saturated heterocycles. The molecule has 1 aromatic rings. The predicted octanol–water partition coefficient (Wildman–Crippen LogP) is 2.61. The van der Waals surface area contributed by atoms with Gasteiger partial charge in [-0.05, 0) is 61.4 Å². The highest BCUT2D eigenvalue weighted by atomic mass is 19.3. The van der Waals surface area contributed by atoms with E-state index in [0.29, 0.717) is 38.4 Å². The van der Waals surface area contributed by atoms with Crippen molar-refractivity contribution in [2.24, 2.45) is 5.41 Å². The monoisotopic (exact) mass is 475 g/mol. The van der Waals surface area contributed by atoms with E-state index >= 15 is 0 Å². The molecule has 10 nitrogen and oxygen atoms in total. The molecule has 1 aliphatic rings. The third-order valence-corrected chi connectivity index (χ3v) is 6.12. The summed E-state index contributed by atoms with van der Waals surface area (Å²) in [5.74, 6) is -3.30. The fraction of sp³-hybridized carbons (Fsp3) is 0.857. The SMILES string of the molecule is COC(=O)CCC(C(=O)OC)n1nnnc1C(NCCCCC(C)(F)F)C1(C)CCOCC1. The van der Waals surface area contributed by atoms with Crippen LogP contribution in [0.15, 0.2) is 0 Å². The molecule has 0 spiro atoms. The molecule has 1 aromatic heterocycles. The first kappa shape index (κ1) is 27.0. The number of carbonyl (C=O) groups excluding carboxylic acids is 2. The molecule has 0 amide bonds. The molecule has 0 aliphatic carbocycles. The topological polar surface area (TPSA) is 117 Å². The van der Waals surface area contributed by atoms with Gasteiger partial charge in [0.25, 0.3) is 0 Å². The average Bonchev–Trinajstić information content (AvgIpc) is 3.24. The van der Waals surface area contributed by atoms with E-state index in [9.17, 15) is 18.4 Å². The Morgan fingerprint density at radius 1 is 1.24 bits per heavy atom. The van der Waals surface area contributed by atoms with Gasteiger partial charge in [0.15, 0.2) is 11.9 Å². The highest BCUT2D eigenvalue weighted by Crippen LogP contribution is 2.42. The Morgan fingerprint density at radius 3 is 2.55 bits per heavy atom. The zero-order valence-corrected chi connectivity index (χ0v) is 19.8. The maximum absolute atomic E-state index is 13.1. The molecule has 0 radical (unpaired) electrons. The number of aromatic nitrogens is 4. The van der Waals surface area contributed by atoms with Gasteiger partial charge in [-0.15, -0.1) is 5.10 Å². The number of nitrogens with zero attached hydrogens (tertiary/aromatic N) is 4. The van der Waals surface area contributed by atoms with Gasteiger partial charge in [0.2, 0.25) is 5.92 Å². The van der Waals surface area contributed by atoms with Gasteiger partial charge in [-0.25, -0.2) is 18.3 Å². The predicted molar refractivity (Wildman–Crippen MR) is 113 cm³/mol. The van der Waals surface area contributed by atoms with Crippen LogP contribution in [-0.2, 0) is 23.8 Å². The molecule has 2 rings (SSSR count). The first-order valence-electron chi connectivity index (χ1n) is 11.2. The smallest absolute Gasteiger partial charge is 0.330 e. The minimum Gasteiger partial charge on any atom is -0.469 e. The minimum absolute atomic E-state index is 0.00992. The molecule has 12 heteroatoms. The number of alkyl halides is 2. The number of hydrogen-bond acceptors (Lipinski definition) is 9. The van der Waals surface area contributed by atoms with Crippen LogP contribution in [0.25, 0.3) is 0 Å². The minimum atomic E-state index is -2.69. The zero-order valence-electron chi connectivity index (χ0n) is 19.8. The molecule has 188 valence electrons. The van der Waals surface area contributed by atoms with E-state index in [4.69, 9.17) is 9.47 Å². The highest BCUT2D eigenvalue weighted by molar-refractivity contribution is 5.75. The van der Waals surface area contributed by atoms with Crippen LogP contribution in [0, 0.1) is 5.41 Å². The Bertz CT molecular complexity index is 764. The van der Waals surface area contributed by atoms with Gasteiger partial charge in [-0.3, -0.25) is 4.79 Å². The third-order valence-electron chi connectivity index (χ3n) is 6.12. The van der Waals surface area contributed by atoms with Crippen LogP contribution < -0.4 is 5.32 Å². The van der Waals surface area contributed by atoms with Crippen molar-refractivity contribution >= 4 is 11.9 Å². The van der Waals surface area contributed by atoms with Crippen LogP contribution in [0.1, 0.15) is 76.7 Å². The van der Waals surface area contributed by atoms with Crippen molar-refractivity contribution in [1.29, 1.82) is 0 Å². The van der Waals surface area contributed by atoms with Crippen LogP contribution in [0.2, 0.25) is 0 Å². The summed E-state index contributed by atoms with van der Waals surface area (Å²) in [6.45, 7) is 4.63. The summed E-state index contributed by atoms with van der Waals surface area (Å²) in [5.41, 5.74) is -0.289. The molecule has 0 bridgehead atoms. The summed E-state index contributed by atoms with van der Waals surface area (Å²) in [4.78, 5) is 24.2. The normalized spacial score (nSPS) is 17.9. The van der Waals surface area contributed by atoms with E-state index < -0.39 is 23.9 Å². The van der Waals surface area contributed by atoms with Crippen LogP contribution >= 0.6 is 0 Å². The number of carbonyl (C=O) groups is 2. The quantitative estimate of drug-likeness (QED) is 0.339. The summed E-state index contributed by atoms with van der Waals surface area (Å²) in [6.07, 6.45) is 2.31. The standard InChI is InChI=1S/C21H35F2N5O5/c1-20(10-13-33-14-11-20)17(24-12-6-5-9-21(2,22)23)18-25-26-27-28(18)15(19(30)32-4)7-8-16(29)31-3/h15,17,24H,5-14H2,1-4H3. The number of esters is 2. The summed E-state index contributed by atoms with van der Waals surface area (Å²) in [7, 11) is 2.54. The second-order valence-corrected chi connectivity index (χ2v) is 8.82. The second kappa shape index (κ2) is 12.3. The van der Waals surface area contributed by atoms with Gasteiger partial charge in [0.1, 0.15) is 0 Å².